The summed E-state index contributed by atoms with van der Waals surface area (Å²) in [5.41, 5.74) is 0.901. The van der Waals surface area contributed by atoms with Crippen molar-refractivity contribution in [3.63, 3.8) is 0 Å². The first-order valence-corrected chi connectivity index (χ1v) is 5.38. The van der Waals surface area contributed by atoms with E-state index >= 15 is 0 Å². The number of carbonyl (C=O) groups is 2. The first-order chi connectivity index (χ1) is 7.08. The predicted octanol–water partition coefficient (Wildman–Crippen LogP) is 2.12. The maximum atomic E-state index is 11.5. The molecular formula is C11H9BrO3. The van der Waals surface area contributed by atoms with Gasteiger partial charge in [0.05, 0.1) is 0 Å². The van der Waals surface area contributed by atoms with Crippen molar-refractivity contribution in [3.05, 3.63) is 28.2 Å². The molecular weight excluding hydrogens is 260 g/mol. The molecule has 1 heterocycles. The van der Waals surface area contributed by atoms with Crippen molar-refractivity contribution in [2.45, 2.75) is 13.3 Å². The third-order valence-electron chi connectivity index (χ3n) is 2.44. The third kappa shape index (κ3) is 1.95. The van der Waals surface area contributed by atoms with Crippen LogP contribution in [0.1, 0.15) is 12.5 Å². The van der Waals surface area contributed by atoms with Gasteiger partial charge in [-0.25, -0.2) is 0 Å². The summed E-state index contributed by atoms with van der Waals surface area (Å²) in [6.07, 6.45) is 0.441. The maximum Gasteiger partial charge on any atom is 0.322 e. The molecule has 1 atom stereocenters. The number of rotatable bonds is 1. The highest BCUT2D eigenvalue weighted by Gasteiger charge is 2.31. The van der Waals surface area contributed by atoms with E-state index in [1.807, 2.05) is 12.1 Å². The van der Waals surface area contributed by atoms with Gasteiger partial charge in [0.15, 0.2) is 0 Å². The lowest BCUT2D eigenvalue weighted by Crippen LogP contribution is -2.32. The van der Waals surface area contributed by atoms with Gasteiger partial charge in [0.2, 0.25) is 0 Å². The standard InChI is InChI=1S/C11H9BrO3/c1-6(13)9-4-7-2-3-8(12)5-10(7)15-11(9)14/h2-3,5,9H,4H2,1H3. The van der Waals surface area contributed by atoms with E-state index < -0.39 is 11.9 Å². The Balaban J connectivity index is 2.38. The summed E-state index contributed by atoms with van der Waals surface area (Å²) >= 11 is 3.30. The van der Waals surface area contributed by atoms with Gasteiger partial charge in [0, 0.05) is 4.47 Å². The lowest BCUT2D eigenvalue weighted by Gasteiger charge is -2.21. The summed E-state index contributed by atoms with van der Waals surface area (Å²) in [4.78, 5) is 22.6. The van der Waals surface area contributed by atoms with Gasteiger partial charge >= 0.3 is 5.97 Å². The molecule has 0 bridgehead atoms. The molecule has 1 aliphatic heterocycles. The topological polar surface area (TPSA) is 43.4 Å². The lowest BCUT2D eigenvalue weighted by molar-refractivity contribution is -0.144. The largest absolute Gasteiger partial charge is 0.426 e. The molecule has 1 unspecified atom stereocenters. The van der Waals surface area contributed by atoms with Gasteiger partial charge in [-0.05, 0) is 31.0 Å². The smallest absolute Gasteiger partial charge is 0.322 e. The van der Waals surface area contributed by atoms with Gasteiger partial charge in [-0.15, -0.1) is 0 Å². The van der Waals surface area contributed by atoms with Crippen LogP contribution in [0.2, 0.25) is 0 Å². The Morgan fingerprint density at radius 3 is 2.93 bits per heavy atom. The SMILES string of the molecule is CC(=O)C1Cc2ccc(Br)cc2OC1=O. The minimum absolute atomic E-state index is 0.145. The number of hydrogen-bond acceptors (Lipinski definition) is 3. The maximum absolute atomic E-state index is 11.5. The first kappa shape index (κ1) is 10.4. The monoisotopic (exact) mass is 268 g/mol. The average molecular weight is 269 g/mol. The molecule has 2 rings (SSSR count). The predicted molar refractivity (Wildman–Crippen MR) is 57.7 cm³/mol. The van der Waals surface area contributed by atoms with Gasteiger partial charge in [-0.2, -0.15) is 0 Å². The van der Waals surface area contributed by atoms with Gasteiger partial charge in [0.25, 0.3) is 0 Å². The Bertz CT molecular complexity index is 439. The van der Waals surface area contributed by atoms with Crippen LogP contribution in [0.3, 0.4) is 0 Å². The Kier molecular flexibility index (Phi) is 2.61. The zero-order valence-corrected chi connectivity index (χ0v) is 9.71. The quantitative estimate of drug-likeness (QED) is 0.445. The van der Waals surface area contributed by atoms with Crippen LogP contribution >= 0.6 is 15.9 Å². The molecule has 1 aromatic carbocycles. The highest BCUT2D eigenvalue weighted by molar-refractivity contribution is 9.10. The molecule has 3 nitrogen and oxygen atoms in total. The molecule has 0 aromatic heterocycles. The van der Waals surface area contributed by atoms with Crippen molar-refractivity contribution in [2.75, 3.05) is 0 Å². The second-order valence-electron chi connectivity index (χ2n) is 3.54. The lowest BCUT2D eigenvalue weighted by atomic mass is 9.93. The molecule has 0 saturated heterocycles. The number of ether oxygens (including phenoxy) is 1. The molecule has 1 aromatic rings. The van der Waals surface area contributed by atoms with Crippen LogP contribution in [0.4, 0.5) is 0 Å². The number of benzene rings is 1. The highest BCUT2D eigenvalue weighted by Crippen LogP contribution is 2.30. The number of fused-ring (bicyclic) bond motifs is 1. The summed E-state index contributed by atoms with van der Waals surface area (Å²) < 4.78 is 5.95. The van der Waals surface area contributed by atoms with E-state index in [2.05, 4.69) is 15.9 Å². The Morgan fingerprint density at radius 1 is 1.53 bits per heavy atom. The molecule has 0 aliphatic carbocycles. The molecule has 78 valence electrons. The number of halogens is 1. The van der Waals surface area contributed by atoms with Crippen LogP contribution < -0.4 is 4.74 Å². The van der Waals surface area contributed by atoms with E-state index in [9.17, 15) is 9.59 Å². The van der Waals surface area contributed by atoms with Crippen molar-refractivity contribution in [1.29, 1.82) is 0 Å². The number of hydrogen-bond donors (Lipinski definition) is 0. The molecule has 0 saturated carbocycles. The van der Waals surface area contributed by atoms with Crippen molar-refractivity contribution >= 4 is 27.7 Å². The van der Waals surface area contributed by atoms with Crippen LogP contribution in [0.5, 0.6) is 5.75 Å². The molecule has 0 N–H and O–H groups in total. The Labute approximate surface area is 95.6 Å². The number of ketones is 1. The fraction of sp³-hybridized carbons (Fsp3) is 0.273. The van der Waals surface area contributed by atoms with Crippen LogP contribution in [-0.4, -0.2) is 11.8 Å². The summed E-state index contributed by atoms with van der Waals surface area (Å²) in [7, 11) is 0. The molecule has 0 spiro atoms. The van der Waals surface area contributed by atoms with E-state index in [1.165, 1.54) is 6.92 Å². The third-order valence-corrected chi connectivity index (χ3v) is 2.93. The fourth-order valence-corrected chi connectivity index (χ4v) is 1.92. The normalized spacial score (nSPS) is 19.3. The van der Waals surface area contributed by atoms with Crippen LogP contribution in [-0.2, 0) is 16.0 Å². The summed E-state index contributed by atoms with van der Waals surface area (Å²) in [5, 5.41) is 0. The molecule has 0 radical (unpaired) electrons. The van der Waals surface area contributed by atoms with Crippen LogP contribution in [0.25, 0.3) is 0 Å². The van der Waals surface area contributed by atoms with Gasteiger partial charge in [-0.1, -0.05) is 22.0 Å². The first-order valence-electron chi connectivity index (χ1n) is 4.58. The Morgan fingerprint density at radius 2 is 2.27 bits per heavy atom. The summed E-state index contributed by atoms with van der Waals surface area (Å²) in [5.74, 6) is -0.688. The molecule has 4 heteroatoms. The zero-order chi connectivity index (χ0) is 11.0. The van der Waals surface area contributed by atoms with E-state index in [1.54, 1.807) is 6.07 Å². The second-order valence-corrected chi connectivity index (χ2v) is 4.46. The van der Waals surface area contributed by atoms with Crippen LogP contribution in [0, 0.1) is 5.92 Å². The van der Waals surface area contributed by atoms with Crippen molar-refractivity contribution in [2.24, 2.45) is 5.92 Å². The molecule has 1 aliphatic rings. The second kappa shape index (κ2) is 3.77. The van der Waals surface area contributed by atoms with E-state index in [0.717, 1.165) is 10.0 Å². The number of carbonyl (C=O) groups excluding carboxylic acids is 2. The van der Waals surface area contributed by atoms with E-state index in [0.29, 0.717) is 12.2 Å². The summed E-state index contributed by atoms with van der Waals surface area (Å²) in [6.45, 7) is 1.41. The van der Waals surface area contributed by atoms with Crippen molar-refractivity contribution < 1.29 is 14.3 Å². The minimum atomic E-state index is -0.640. The minimum Gasteiger partial charge on any atom is -0.426 e. The molecule has 15 heavy (non-hydrogen) atoms. The van der Waals surface area contributed by atoms with Crippen LogP contribution in [0.15, 0.2) is 22.7 Å². The molecule has 0 amide bonds. The van der Waals surface area contributed by atoms with Crippen molar-refractivity contribution in [3.8, 4) is 5.75 Å². The van der Waals surface area contributed by atoms with E-state index in [4.69, 9.17) is 4.74 Å². The number of Topliss-reactive ketones (excluding diaryl/α,β-unsaturated/α-hetero) is 1. The van der Waals surface area contributed by atoms with Gasteiger partial charge in [0.1, 0.15) is 17.5 Å². The zero-order valence-electron chi connectivity index (χ0n) is 8.12. The average Bonchev–Trinajstić information content (AvgIpc) is 2.15. The molecule has 0 fully saturated rings. The van der Waals surface area contributed by atoms with E-state index in [-0.39, 0.29) is 5.78 Å². The van der Waals surface area contributed by atoms with Gasteiger partial charge in [-0.3, -0.25) is 9.59 Å². The van der Waals surface area contributed by atoms with Crippen molar-refractivity contribution in [1.82, 2.24) is 0 Å². The number of esters is 1. The fourth-order valence-electron chi connectivity index (χ4n) is 1.58. The summed E-state index contributed by atoms with van der Waals surface area (Å²) in [6, 6.07) is 5.47. The van der Waals surface area contributed by atoms with Gasteiger partial charge < -0.3 is 4.74 Å². The highest BCUT2D eigenvalue weighted by atomic mass is 79.9. The Hall–Kier alpha value is -1.16.